The van der Waals surface area contributed by atoms with E-state index in [-0.39, 0.29) is 10.9 Å². The van der Waals surface area contributed by atoms with Crippen LogP contribution in [0.5, 0.6) is 0 Å². The number of hydrogen-bond donors (Lipinski definition) is 1. The van der Waals surface area contributed by atoms with E-state index < -0.39 is 23.3 Å². The second-order valence-corrected chi connectivity index (χ2v) is 4.09. The van der Waals surface area contributed by atoms with Gasteiger partial charge in [-0.2, -0.15) is 0 Å². The zero-order chi connectivity index (χ0) is 13.6. The van der Waals surface area contributed by atoms with Crippen LogP contribution in [0.4, 0.5) is 17.6 Å². The second kappa shape index (κ2) is 4.12. The molecule has 1 nitrogen and oxygen atoms in total. The van der Waals surface area contributed by atoms with Crippen LogP contribution in [0.1, 0.15) is 0 Å². The predicted molar refractivity (Wildman–Crippen MR) is 63.6 cm³/mol. The van der Waals surface area contributed by atoms with E-state index in [1.165, 1.54) is 6.07 Å². The van der Waals surface area contributed by atoms with Crippen molar-refractivity contribution in [2.45, 2.75) is 0 Å². The highest BCUT2D eigenvalue weighted by Crippen LogP contribution is 2.30. The zero-order valence-corrected chi connectivity index (χ0v) is 9.48. The molecule has 1 aromatic heterocycles. The maximum Gasteiger partial charge on any atom is 0.199 e. The monoisotopic (exact) mass is 265 g/mol. The molecule has 1 N–H and O–H groups in total. The summed E-state index contributed by atoms with van der Waals surface area (Å²) in [4.78, 5) is 2.57. The van der Waals surface area contributed by atoms with Crippen molar-refractivity contribution < 1.29 is 17.6 Å². The third kappa shape index (κ3) is 1.69. The van der Waals surface area contributed by atoms with Gasteiger partial charge in [-0.1, -0.05) is 30.3 Å². The van der Waals surface area contributed by atoms with Crippen molar-refractivity contribution in [3.63, 3.8) is 0 Å². The molecule has 1 heterocycles. The summed E-state index contributed by atoms with van der Waals surface area (Å²) in [6.45, 7) is 0. The Morgan fingerprint density at radius 3 is 2.05 bits per heavy atom. The molecule has 0 radical (unpaired) electrons. The zero-order valence-electron chi connectivity index (χ0n) is 9.48. The molecule has 0 saturated heterocycles. The number of aromatic nitrogens is 1. The first-order chi connectivity index (χ1) is 9.09. The van der Waals surface area contributed by atoms with Crippen LogP contribution in [0.15, 0.2) is 36.4 Å². The van der Waals surface area contributed by atoms with Crippen LogP contribution in [-0.4, -0.2) is 4.98 Å². The number of fused-ring (bicyclic) bond motifs is 1. The standard InChI is InChI=1S/C14H7F4N/c15-10-8-6-9(7-4-2-1-3-5-7)19-14(8)13(18)12(17)11(10)16/h1-6,19H. The second-order valence-electron chi connectivity index (χ2n) is 4.09. The quantitative estimate of drug-likeness (QED) is 0.381. The van der Waals surface area contributed by atoms with Crippen molar-refractivity contribution in [3.8, 4) is 11.3 Å². The van der Waals surface area contributed by atoms with Gasteiger partial charge in [0.1, 0.15) is 0 Å². The van der Waals surface area contributed by atoms with E-state index in [9.17, 15) is 17.6 Å². The molecule has 0 saturated carbocycles. The van der Waals surface area contributed by atoms with E-state index in [1.807, 2.05) is 0 Å². The van der Waals surface area contributed by atoms with Gasteiger partial charge in [-0.3, -0.25) is 0 Å². The summed E-state index contributed by atoms with van der Waals surface area (Å²) in [7, 11) is 0. The molecule has 5 heteroatoms. The van der Waals surface area contributed by atoms with Gasteiger partial charge in [-0.15, -0.1) is 0 Å². The third-order valence-electron chi connectivity index (χ3n) is 2.94. The minimum absolute atomic E-state index is 0.310. The average molecular weight is 265 g/mol. The van der Waals surface area contributed by atoms with Gasteiger partial charge in [0.15, 0.2) is 23.3 Å². The summed E-state index contributed by atoms with van der Waals surface area (Å²) in [5, 5.41) is -0.310. The number of H-pyrrole nitrogens is 1. The van der Waals surface area contributed by atoms with Crippen LogP contribution < -0.4 is 0 Å². The third-order valence-corrected chi connectivity index (χ3v) is 2.94. The summed E-state index contributed by atoms with van der Waals surface area (Å²) < 4.78 is 53.4. The number of aromatic amines is 1. The molecule has 0 bridgehead atoms. The molecule has 2 aromatic carbocycles. The summed E-state index contributed by atoms with van der Waals surface area (Å²) >= 11 is 0. The van der Waals surface area contributed by atoms with E-state index in [0.29, 0.717) is 11.3 Å². The molecule has 0 aliphatic heterocycles. The van der Waals surface area contributed by atoms with Crippen molar-refractivity contribution in [1.82, 2.24) is 4.98 Å². The first-order valence-corrected chi connectivity index (χ1v) is 5.49. The number of rotatable bonds is 1. The Morgan fingerprint density at radius 1 is 0.737 bits per heavy atom. The molecule has 0 unspecified atom stereocenters. The van der Waals surface area contributed by atoms with E-state index in [2.05, 4.69) is 4.98 Å². The van der Waals surface area contributed by atoms with E-state index in [4.69, 9.17) is 0 Å². The molecule has 3 rings (SSSR count). The smallest absolute Gasteiger partial charge is 0.199 e. The largest absolute Gasteiger partial charge is 0.352 e. The van der Waals surface area contributed by atoms with Crippen LogP contribution in [-0.2, 0) is 0 Å². The number of halogens is 4. The lowest BCUT2D eigenvalue weighted by molar-refractivity contribution is 0.417. The SMILES string of the molecule is Fc1c(F)c(F)c2[nH]c(-c3ccccc3)cc2c1F. The topological polar surface area (TPSA) is 15.8 Å². The van der Waals surface area contributed by atoms with Gasteiger partial charge in [0, 0.05) is 11.1 Å². The van der Waals surface area contributed by atoms with E-state index >= 15 is 0 Å². The summed E-state index contributed by atoms with van der Waals surface area (Å²) in [5.41, 5.74) is 0.673. The van der Waals surface area contributed by atoms with Gasteiger partial charge < -0.3 is 4.98 Å². The first-order valence-electron chi connectivity index (χ1n) is 5.49. The molecule has 19 heavy (non-hydrogen) atoms. The van der Waals surface area contributed by atoms with Gasteiger partial charge in [-0.25, -0.2) is 17.6 Å². The molecule has 96 valence electrons. The fourth-order valence-electron chi connectivity index (χ4n) is 1.99. The van der Waals surface area contributed by atoms with Crippen molar-refractivity contribution >= 4 is 10.9 Å². The van der Waals surface area contributed by atoms with Crippen molar-refractivity contribution in [2.24, 2.45) is 0 Å². The Morgan fingerprint density at radius 2 is 1.37 bits per heavy atom. The van der Waals surface area contributed by atoms with Crippen LogP contribution in [0.25, 0.3) is 22.2 Å². The molecular formula is C14H7F4N. The Balaban J connectivity index is 2.33. The van der Waals surface area contributed by atoms with Crippen molar-refractivity contribution in [3.05, 3.63) is 59.7 Å². The molecule has 0 aliphatic rings. The Labute approximate surface area is 105 Å². The van der Waals surface area contributed by atoms with Crippen LogP contribution >= 0.6 is 0 Å². The minimum atomic E-state index is -1.81. The van der Waals surface area contributed by atoms with Gasteiger partial charge in [0.05, 0.1) is 5.52 Å². The predicted octanol–water partition coefficient (Wildman–Crippen LogP) is 4.39. The van der Waals surface area contributed by atoms with E-state index in [1.54, 1.807) is 30.3 Å². The molecule has 3 aromatic rings. The molecule has 0 amide bonds. The lowest BCUT2D eigenvalue weighted by Gasteiger charge is -1.99. The Bertz CT molecular complexity index is 717. The number of hydrogen-bond acceptors (Lipinski definition) is 0. The lowest BCUT2D eigenvalue weighted by atomic mass is 10.1. The van der Waals surface area contributed by atoms with Gasteiger partial charge in [-0.05, 0) is 11.6 Å². The normalized spacial score (nSPS) is 11.2. The van der Waals surface area contributed by atoms with Crippen LogP contribution in [0, 0.1) is 23.3 Å². The van der Waals surface area contributed by atoms with Crippen molar-refractivity contribution in [1.29, 1.82) is 0 Å². The molecule has 0 spiro atoms. The fraction of sp³-hybridized carbons (Fsp3) is 0. The highest BCUT2D eigenvalue weighted by atomic mass is 19.2. The molecule has 0 aliphatic carbocycles. The van der Waals surface area contributed by atoms with Gasteiger partial charge in [0.25, 0.3) is 0 Å². The summed E-state index contributed by atoms with van der Waals surface area (Å²) in [6, 6.07) is 9.96. The lowest BCUT2D eigenvalue weighted by Crippen LogP contribution is -1.96. The molecule has 0 fully saturated rings. The molecule has 0 atom stereocenters. The summed E-state index contributed by atoms with van der Waals surface area (Å²) in [6.07, 6.45) is 0. The Hall–Kier alpha value is -2.30. The van der Waals surface area contributed by atoms with Crippen molar-refractivity contribution in [2.75, 3.05) is 0 Å². The fourth-order valence-corrected chi connectivity index (χ4v) is 1.99. The van der Waals surface area contributed by atoms with Crippen LogP contribution in [0.3, 0.4) is 0 Å². The van der Waals surface area contributed by atoms with Gasteiger partial charge >= 0.3 is 0 Å². The maximum atomic E-state index is 13.6. The van der Waals surface area contributed by atoms with E-state index in [0.717, 1.165) is 0 Å². The highest BCUT2D eigenvalue weighted by molar-refractivity contribution is 5.87. The highest BCUT2D eigenvalue weighted by Gasteiger charge is 2.22. The van der Waals surface area contributed by atoms with Crippen LogP contribution in [0.2, 0.25) is 0 Å². The number of benzene rings is 2. The number of nitrogens with one attached hydrogen (secondary N) is 1. The average Bonchev–Trinajstić information content (AvgIpc) is 2.89. The van der Waals surface area contributed by atoms with Gasteiger partial charge in [0.2, 0.25) is 0 Å². The maximum absolute atomic E-state index is 13.6. The Kier molecular flexibility index (Phi) is 2.55. The minimum Gasteiger partial charge on any atom is -0.352 e. The molecular weight excluding hydrogens is 258 g/mol. The summed E-state index contributed by atoms with van der Waals surface area (Å²) in [5.74, 6) is -6.43. The first kappa shape index (κ1) is 11.8.